The molecule has 1 amide bonds. The van der Waals surface area contributed by atoms with Crippen molar-refractivity contribution in [3.8, 4) is 5.75 Å². The van der Waals surface area contributed by atoms with E-state index in [0.29, 0.717) is 17.5 Å². The van der Waals surface area contributed by atoms with E-state index < -0.39 is 0 Å². The summed E-state index contributed by atoms with van der Waals surface area (Å²) in [5.41, 5.74) is 2.85. The van der Waals surface area contributed by atoms with E-state index in [9.17, 15) is 4.79 Å². The second-order valence-electron chi connectivity index (χ2n) is 7.32. The number of pyridine rings is 1. The number of aromatic nitrogens is 4. The Hall–Kier alpha value is -3.16. The Bertz CT molecular complexity index is 964. The standard InChI is InChI=1S/C20H23N5O3/c1-12-5-17(11-21-10-12)27-15-4-3-14(7-15)18-9-19(24-23-18)22-20(26)8-16-6-13(2)25-28-16/h5-6,9-11,14-15H,3-4,7-8H2,1-2H3,(H2,22,23,24,26)/t14-,15+/m1/s1. The first kappa shape index (κ1) is 18.2. The molecule has 0 saturated heterocycles. The van der Waals surface area contributed by atoms with Crippen LogP contribution in [0.1, 0.15) is 47.9 Å². The number of hydrogen-bond acceptors (Lipinski definition) is 6. The van der Waals surface area contributed by atoms with Crippen LogP contribution in [0.4, 0.5) is 5.82 Å². The Labute approximate surface area is 162 Å². The van der Waals surface area contributed by atoms with Gasteiger partial charge in [0.05, 0.1) is 24.4 Å². The zero-order valence-corrected chi connectivity index (χ0v) is 15.9. The van der Waals surface area contributed by atoms with Gasteiger partial charge in [-0.05, 0) is 44.7 Å². The molecule has 0 aromatic carbocycles. The normalized spacial score (nSPS) is 18.9. The maximum absolute atomic E-state index is 12.1. The number of aromatic amines is 1. The van der Waals surface area contributed by atoms with E-state index in [1.165, 1.54) is 0 Å². The molecule has 0 radical (unpaired) electrons. The fourth-order valence-corrected chi connectivity index (χ4v) is 3.57. The van der Waals surface area contributed by atoms with Crippen molar-refractivity contribution in [3.63, 3.8) is 0 Å². The number of anilines is 1. The minimum atomic E-state index is -0.186. The second kappa shape index (κ2) is 7.84. The number of ether oxygens (including phenoxy) is 1. The lowest BCUT2D eigenvalue weighted by molar-refractivity contribution is -0.115. The molecule has 1 saturated carbocycles. The molecule has 0 bridgehead atoms. The molecule has 146 valence electrons. The number of H-pyrrole nitrogens is 1. The molecule has 8 nitrogen and oxygen atoms in total. The topological polar surface area (TPSA) is 106 Å². The number of nitrogens with one attached hydrogen (secondary N) is 2. The van der Waals surface area contributed by atoms with Crippen molar-refractivity contribution in [1.29, 1.82) is 0 Å². The molecule has 3 aromatic heterocycles. The van der Waals surface area contributed by atoms with Gasteiger partial charge in [0.2, 0.25) is 5.91 Å². The van der Waals surface area contributed by atoms with Gasteiger partial charge < -0.3 is 14.6 Å². The average Bonchev–Trinajstić information content (AvgIpc) is 3.37. The van der Waals surface area contributed by atoms with Crippen LogP contribution in [-0.4, -0.2) is 32.3 Å². The Morgan fingerprint density at radius 3 is 2.96 bits per heavy atom. The summed E-state index contributed by atoms with van der Waals surface area (Å²) in [6, 6.07) is 5.64. The molecule has 1 fully saturated rings. The smallest absolute Gasteiger partial charge is 0.233 e. The lowest BCUT2D eigenvalue weighted by Crippen LogP contribution is -2.14. The van der Waals surface area contributed by atoms with Crippen molar-refractivity contribution >= 4 is 11.7 Å². The molecule has 0 unspecified atom stereocenters. The molecule has 28 heavy (non-hydrogen) atoms. The highest BCUT2D eigenvalue weighted by Gasteiger charge is 2.29. The number of carbonyl (C=O) groups excluding carboxylic acids is 1. The predicted molar refractivity (Wildman–Crippen MR) is 102 cm³/mol. The summed E-state index contributed by atoms with van der Waals surface area (Å²) in [7, 11) is 0. The zero-order valence-electron chi connectivity index (χ0n) is 15.9. The molecule has 2 N–H and O–H groups in total. The van der Waals surface area contributed by atoms with Gasteiger partial charge in [-0.25, -0.2) is 0 Å². The van der Waals surface area contributed by atoms with Crippen LogP contribution in [0.25, 0.3) is 0 Å². The van der Waals surface area contributed by atoms with Crippen LogP contribution in [-0.2, 0) is 11.2 Å². The Morgan fingerprint density at radius 1 is 1.29 bits per heavy atom. The van der Waals surface area contributed by atoms with Crippen molar-refractivity contribution < 1.29 is 14.1 Å². The average molecular weight is 381 g/mol. The highest BCUT2D eigenvalue weighted by atomic mass is 16.5. The third kappa shape index (κ3) is 4.39. The maximum atomic E-state index is 12.1. The molecule has 0 spiro atoms. The van der Waals surface area contributed by atoms with Gasteiger partial charge in [0.1, 0.15) is 11.5 Å². The summed E-state index contributed by atoms with van der Waals surface area (Å²) in [5, 5.41) is 13.8. The first-order chi connectivity index (χ1) is 13.5. The lowest BCUT2D eigenvalue weighted by atomic mass is 10.0. The minimum Gasteiger partial charge on any atom is -0.489 e. The van der Waals surface area contributed by atoms with E-state index in [0.717, 1.165) is 42.0 Å². The highest BCUT2D eigenvalue weighted by Crippen LogP contribution is 2.36. The van der Waals surface area contributed by atoms with E-state index in [1.54, 1.807) is 12.3 Å². The van der Waals surface area contributed by atoms with Crippen LogP contribution in [0.3, 0.4) is 0 Å². The van der Waals surface area contributed by atoms with Crippen LogP contribution in [0, 0.1) is 13.8 Å². The number of nitrogens with zero attached hydrogens (tertiary/aromatic N) is 3. The highest BCUT2D eigenvalue weighted by molar-refractivity contribution is 5.91. The van der Waals surface area contributed by atoms with Crippen LogP contribution in [0.5, 0.6) is 5.75 Å². The van der Waals surface area contributed by atoms with Gasteiger partial charge >= 0.3 is 0 Å². The summed E-state index contributed by atoms with van der Waals surface area (Å²) in [6.07, 6.45) is 6.74. The summed E-state index contributed by atoms with van der Waals surface area (Å²) in [6.45, 7) is 3.82. The number of aryl methyl sites for hydroxylation is 2. The fourth-order valence-electron chi connectivity index (χ4n) is 3.57. The van der Waals surface area contributed by atoms with E-state index >= 15 is 0 Å². The predicted octanol–water partition coefficient (Wildman–Crippen LogP) is 3.31. The molecule has 0 aliphatic heterocycles. The summed E-state index contributed by atoms with van der Waals surface area (Å²) in [5.74, 6) is 2.01. The van der Waals surface area contributed by atoms with Crippen LogP contribution < -0.4 is 10.1 Å². The Morgan fingerprint density at radius 2 is 2.18 bits per heavy atom. The monoisotopic (exact) mass is 381 g/mol. The van der Waals surface area contributed by atoms with E-state index in [4.69, 9.17) is 9.26 Å². The van der Waals surface area contributed by atoms with E-state index in [2.05, 4.69) is 25.7 Å². The molecular formula is C20H23N5O3. The lowest BCUT2D eigenvalue weighted by Gasteiger charge is -2.13. The zero-order chi connectivity index (χ0) is 19.5. The molecule has 8 heteroatoms. The first-order valence-electron chi connectivity index (χ1n) is 9.41. The second-order valence-corrected chi connectivity index (χ2v) is 7.32. The van der Waals surface area contributed by atoms with E-state index in [1.807, 2.05) is 32.2 Å². The molecule has 3 heterocycles. The first-order valence-corrected chi connectivity index (χ1v) is 9.41. The minimum absolute atomic E-state index is 0.132. The summed E-state index contributed by atoms with van der Waals surface area (Å²) in [4.78, 5) is 16.3. The maximum Gasteiger partial charge on any atom is 0.233 e. The van der Waals surface area contributed by atoms with Gasteiger partial charge in [0, 0.05) is 29.9 Å². The molecule has 4 rings (SSSR count). The van der Waals surface area contributed by atoms with Crippen LogP contribution in [0.2, 0.25) is 0 Å². The Balaban J connectivity index is 1.31. The van der Waals surface area contributed by atoms with Gasteiger partial charge in [-0.1, -0.05) is 5.16 Å². The fraction of sp³-hybridized carbons (Fsp3) is 0.400. The van der Waals surface area contributed by atoms with Gasteiger partial charge in [-0.2, -0.15) is 5.10 Å². The van der Waals surface area contributed by atoms with E-state index in [-0.39, 0.29) is 18.4 Å². The third-order valence-corrected chi connectivity index (χ3v) is 4.85. The van der Waals surface area contributed by atoms with Crippen molar-refractivity contribution in [2.24, 2.45) is 0 Å². The quantitative estimate of drug-likeness (QED) is 0.678. The molecule has 3 aromatic rings. The summed E-state index contributed by atoms with van der Waals surface area (Å²) >= 11 is 0. The molecular weight excluding hydrogens is 358 g/mol. The number of rotatable bonds is 6. The van der Waals surface area contributed by atoms with Crippen molar-refractivity contribution in [3.05, 3.63) is 53.3 Å². The number of amides is 1. The molecule has 1 aliphatic rings. The SMILES string of the molecule is Cc1cncc(O[C@H]2CC[C@@H](c3cc(NC(=O)Cc4cc(C)no4)n[nH]3)C2)c1. The van der Waals surface area contributed by atoms with Crippen LogP contribution in [0.15, 0.2) is 35.1 Å². The largest absolute Gasteiger partial charge is 0.489 e. The van der Waals surface area contributed by atoms with Crippen LogP contribution >= 0.6 is 0 Å². The Kier molecular flexibility index (Phi) is 5.10. The van der Waals surface area contributed by atoms with Crippen molar-refractivity contribution in [2.45, 2.75) is 51.6 Å². The van der Waals surface area contributed by atoms with Gasteiger partial charge in [-0.3, -0.25) is 14.9 Å². The third-order valence-electron chi connectivity index (χ3n) is 4.85. The van der Waals surface area contributed by atoms with Gasteiger partial charge in [0.15, 0.2) is 5.82 Å². The number of hydrogen-bond donors (Lipinski definition) is 2. The van der Waals surface area contributed by atoms with Gasteiger partial charge in [-0.15, -0.1) is 0 Å². The van der Waals surface area contributed by atoms with Crippen molar-refractivity contribution in [2.75, 3.05) is 5.32 Å². The van der Waals surface area contributed by atoms with Gasteiger partial charge in [0.25, 0.3) is 0 Å². The molecule has 1 aliphatic carbocycles. The van der Waals surface area contributed by atoms with Crippen molar-refractivity contribution in [1.82, 2.24) is 20.3 Å². The number of carbonyl (C=O) groups is 1. The summed E-state index contributed by atoms with van der Waals surface area (Å²) < 4.78 is 11.1. The molecule has 2 atom stereocenters.